The van der Waals surface area contributed by atoms with Crippen LogP contribution < -0.4 is 4.74 Å². The zero-order valence-corrected chi connectivity index (χ0v) is 22.6. The van der Waals surface area contributed by atoms with Crippen LogP contribution in [-0.4, -0.2) is 39.3 Å². The lowest BCUT2D eigenvalue weighted by atomic mass is 10.0. The Kier molecular flexibility index (Phi) is 8.21. The molecule has 0 aliphatic heterocycles. The molecule has 0 aliphatic carbocycles. The van der Waals surface area contributed by atoms with Crippen LogP contribution in [0.3, 0.4) is 0 Å². The molecule has 5 rings (SSSR count). The van der Waals surface area contributed by atoms with Gasteiger partial charge < -0.3 is 19.1 Å². The van der Waals surface area contributed by atoms with E-state index in [4.69, 9.17) is 9.47 Å². The van der Waals surface area contributed by atoms with E-state index < -0.39 is 29.2 Å². The first kappa shape index (κ1) is 28.7. The van der Waals surface area contributed by atoms with Crippen molar-refractivity contribution in [2.45, 2.75) is 26.5 Å². The molecule has 2 aromatic heterocycles. The Hall–Kier alpha value is -4.77. The molecule has 2 heterocycles. The molecular weight excluding hydrogens is 554 g/mol. The van der Waals surface area contributed by atoms with E-state index in [1.54, 1.807) is 10.6 Å². The number of nitrogens with zero attached hydrogens (tertiary/aromatic N) is 3. The van der Waals surface area contributed by atoms with Gasteiger partial charge in [-0.1, -0.05) is 6.07 Å². The van der Waals surface area contributed by atoms with E-state index in [2.05, 4.69) is 9.97 Å². The second-order valence-corrected chi connectivity index (χ2v) is 9.62. The quantitative estimate of drug-likeness (QED) is 0.191. The van der Waals surface area contributed by atoms with Gasteiger partial charge in [0, 0.05) is 37.3 Å². The van der Waals surface area contributed by atoms with Crippen molar-refractivity contribution in [3.63, 3.8) is 0 Å². The number of methoxy groups -OCH3 is 1. The number of halogens is 4. The number of rotatable bonds is 10. The number of carbonyl (C=O) groups is 1. The molecule has 0 unspecified atom stereocenters. The SMILES string of the molecule is COCCn1c(Cc2cc(F)c(-c3cccc(OCc4cc(F)c(C)cc4F)n3)cc2F)nc2ccc(C(=O)O)cc21. The van der Waals surface area contributed by atoms with Gasteiger partial charge >= 0.3 is 5.97 Å². The number of carboxylic acid groups (broad SMARTS) is 1. The summed E-state index contributed by atoms with van der Waals surface area (Å²) in [6, 6.07) is 13.1. The van der Waals surface area contributed by atoms with Crippen LogP contribution in [0.2, 0.25) is 0 Å². The lowest BCUT2D eigenvalue weighted by Crippen LogP contribution is -2.10. The molecule has 42 heavy (non-hydrogen) atoms. The third-order valence-electron chi connectivity index (χ3n) is 6.78. The van der Waals surface area contributed by atoms with Crippen molar-refractivity contribution >= 4 is 17.0 Å². The molecule has 216 valence electrons. The molecule has 0 radical (unpaired) electrons. The molecule has 0 spiro atoms. The summed E-state index contributed by atoms with van der Waals surface area (Å²) in [4.78, 5) is 20.2. The second kappa shape index (κ2) is 12.0. The van der Waals surface area contributed by atoms with E-state index in [1.807, 2.05) is 0 Å². The van der Waals surface area contributed by atoms with Gasteiger partial charge in [0.15, 0.2) is 0 Å². The lowest BCUT2D eigenvalue weighted by Gasteiger charge is -2.12. The molecule has 11 heteroatoms. The summed E-state index contributed by atoms with van der Waals surface area (Å²) < 4.78 is 71.1. The number of aryl methyl sites for hydroxylation is 1. The zero-order chi connectivity index (χ0) is 30.0. The summed E-state index contributed by atoms with van der Waals surface area (Å²) >= 11 is 0. The summed E-state index contributed by atoms with van der Waals surface area (Å²) in [5, 5.41) is 9.38. The number of aromatic nitrogens is 3. The van der Waals surface area contributed by atoms with Crippen molar-refractivity contribution in [2.75, 3.05) is 13.7 Å². The third-order valence-corrected chi connectivity index (χ3v) is 6.78. The van der Waals surface area contributed by atoms with Gasteiger partial charge in [-0.2, -0.15) is 0 Å². The van der Waals surface area contributed by atoms with Crippen LogP contribution in [0.5, 0.6) is 5.88 Å². The lowest BCUT2D eigenvalue weighted by molar-refractivity contribution is 0.0697. The van der Waals surface area contributed by atoms with E-state index in [0.29, 0.717) is 30.0 Å². The highest BCUT2D eigenvalue weighted by Crippen LogP contribution is 2.28. The number of imidazole rings is 1. The van der Waals surface area contributed by atoms with E-state index in [0.717, 1.165) is 24.3 Å². The maximum absolute atomic E-state index is 15.4. The van der Waals surface area contributed by atoms with Crippen LogP contribution in [0.4, 0.5) is 17.6 Å². The first-order valence-corrected chi connectivity index (χ1v) is 12.9. The molecule has 0 bridgehead atoms. The minimum atomic E-state index is -1.10. The van der Waals surface area contributed by atoms with Gasteiger partial charge in [0.1, 0.15) is 35.7 Å². The molecule has 5 aromatic rings. The minimum Gasteiger partial charge on any atom is -0.478 e. The van der Waals surface area contributed by atoms with Gasteiger partial charge in [-0.05, 0) is 66.6 Å². The zero-order valence-electron chi connectivity index (χ0n) is 22.6. The number of ether oxygens (including phenoxy) is 2. The number of carboxylic acids is 1. The highest BCUT2D eigenvalue weighted by molar-refractivity contribution is 5.92. The third kappa shape index (κ3) is 5.96. The Balaban J connectivity index is 1.41. The number of aromatic carboxylic acids is 1. The topological polar surface area (TPSA) is 86.5 Å². The fourth-order valence-electron chi connectivity index (χ4n) is 4.56. The van der Waals surface area contributed by atoms with Crippen LogP contribution in [0.25, 0.3) is 22.3 Å². The fraction of sp³-hybridized carbons (Fsp3) is 0.194. The van der Waals surface area contributed by atoms with Gasteiger partial charge in [-0.15, -0.1) is 0 Å². The Labute approximate surface area is 238 Å². The number of fused-ring (bicyclic) bond motifs is 1. The predicted octanol–water partition coefficient (Wildman–Crippen LogP) is 6.48. The molecule has 0 atom stereocenters. The van der Waals surface area contributed by atoms with Crippen molar-refractivity contribution in [3.8, 4) is 17.1 Å². The molecule has 3 aromatic carbocycles. The Morgan fingerprint density at radius 2 is 1.67 bits per heavy atom. The van der Waals surface area contributed by atoms with E-state index >= 15 is 8.78 Å². The Bertz CT molecular complexity index is 1810. The maximum atomic E-state index is 15.4. The molecule has 0 amide bonds. The van der Waals surface area contributed by atoms with Crippen molar-refractivity contribution in [3.05, 3.63) is 112 Å². The normalized spacial score (nSPS) is 11.3. The average Bonchev–Trinajstić information content (AvgIpc) is 3.30. The standard InChI is InChI=1S/C31H25F4N3O4/c1-17-10-23(33)20(12-22(17)32)16-42-30-5-3-4-26(37-30)21-15-24(34)19(11-25(21)35)14-29-36-27-7-6-18(31(39)40)13-28(27)38(29)8-9-41-2/h3-7,10-13,15H,8-9,14,16H2,1-2H3,(H,39,40). The molecule has 0 aliphatic rings. The van der Waals surface area contributed by atoms with E-state index in [1.165, 1.54) is 44.4 Å². The van der Waals surface area contributed by atoms with Crippen LogP contribution in [-0.2, 0) is 24.3 Å². The number of pyridine rings is 1. The maximum Gasteiger partial charge on any atom is 0.335 e. The van der Waals surface area contributed by atoms with Gasteiger partial charge in [0.05, 0.1) is 28.9 Å². The predicted molar refractivity (Wildman–Crippen MR) is 146 cm³/mol. The minimum absolute atomic E-state index is 0.0115. The first-order chi connectivity index (χ1) is 20.1. The summed E-state index contributed by atoms with van der Waals surface area (Å²) in [5.74, 6) is -3.32. The van der Waals surface area contributed by atoms with Crippen LogP contribution in [0, 0.1) is 30.2 Å². The van der Waals surface area contributed by atoms with Crippen molar-refractivity contribution in [1.29, 1.82) is 0 Å². The van der Waals surface area contributed by atoms with Crippen molar-refractivity contribution < 1.29 is 36.9 Å². The number of hydrogen-bond donors (Lipinski definition) is 1. The molecule has 0 saturated carbocycles. The molecule has 0 fully saturated rings. The van der Waals surface area contributed by atoms with Crippen LogP contribution in [0.15, 0.2) is 60.7 Å². The molecule has 7 nitrogen and oxygen atoms in total. The Morgan fingerprint density at radius 1 is 0.905 bits per heavy atom. The fourth-order valence-corrected chi connectivity index (χ4v) is 4.56. The van der Waals surface area contributed by atoms with Gasteiger partial charge in [0.2, 0.25) is 5.88 Å². The average molecular weight is 580 g/mol. The number of benzene rings is 3. The number of hydrogen-bond acceptors (Lipinski definition) is 5. The van der Waals surface area contributed by atoms with Gasteiger partial charge in [0.25, 0.3) is 0 Å². The summed E-state index contributed by atoms with van der Waals surface area (Å²) in [7, 11) is 1.52. The van der Waals surface area contributed by atoms with E-state index in [-0.39, 0.29) is 52.4 Å². The van der Waals surface area contributed by atoms with Gasteiger partial charge in [-0.3, -0.25) is 0 Å². The summed E-state index contributed by atoms with van der Waals surface area (Å²) in [6.45, 7) is 1.75. The largest absolute Gasteiger partial charge is 0.478 e. The Morgan fingerprint density at radius 3 is 2.43 bits per heavy atom. The molecule has 0 saturated heterocycles. The monoisotopic (exact) mass is 579 g/mol. The molecular formula is C31H25F4N3O4. The smallest absolute Gasteiger partial charge is 0.335 e. The second-order valence-electron chi connectivity index (χ2n) is 9.62. The first-order valence-electron chi connectivity index (χ1n) is 12.9. The van der Waals surface area contributed by atoms with Crippen molar-refractivity contribution in [1.82, 2.24) is 14.5 Å². The van der Waals surface area contributed by atoms with E-state index in [9.17, 15) is 18.7 Å². The highest BCUT2D eigenvalue weighted by atomic mass is 19.1. The van der Waals surface area contributed by atoms with Crippen molar-refractivity contribution in [2.24, 2.45) is 0 Å². The van der Waals surface area contributed by atoms with Crippen LogP contribution in [0.1, 0.15) is 32.9 Å². The molecule has 1 N–H and O–H groups in total. The van der Waals surface area contributed by atoms with Crippen LogP contribution >= 0.6 is 0 Å². The highest BCUT2D eigenvalue weighted by Gasteiger charge is 2.19. The summed E-state index contributed by atoms with van der Waals surface area (Å²) in [6.07, 6.45) is -0.0704. The summed E-state index contributed by atoms with van der Waals surface area (Å²) in [5.41, 5.74) is 1.27. The van der Waals surface area contributed by atoms with Gasteiger partial charge in [-0.25, -0.2) is 32.3 Å².